The number of amides is 2. The van der Waals surface area contributed by atoms with Gasteiger partial charge in [0.05, 0.1) is 5.54 Å². The van der Waals surface area contributed by atoms with Crippen LogP contribution in [0.2, 0.25) is 0 Å². The minimum absolute atomic E-state index is 0.157. The van der Waals surface area contributed by atoms with E-state index in [1.165, 1.54) is 0 Å². The van der Waals surface area contributed by atoms with E-state index < -0.39 is 0 Å². The number of benzene rings is 2. The molecule has 2 amide bonds. The molecule has 4 N–H and O–H groups in total. The van der Waals surface area contributed by atoms with Crippen LogP contribution >= 0.6 is 0 Å². The maximum atomic E-state index is 12.4. The van der Waals surface area contributed by atoms with Gasteiger partial charge in [-0.3, -0.25) is 9.59 Å². The Morgan fingerprint density at radius 3 is 1.96 bits per heavy atom. The minimum Gasteiger partial charge on any atom is -0.345 e. The second kappa shape index (κ2) is 8.44. The molecule has 2 aromatic carbocycles. The van der Waals surface area contributed by atoms with Crippen molar-refractivity contribution in [1.82, 2.24) is 5.32 Å². The first kappa shape index (κ1) is 18.7. The number of carbonyl (C=O) groups is 2. The lowest BCUT2D eigenvalue weighted by Crippen LogP contribution is -2.52. The number of carbonyl (C=O) groups excluding carboxylic acids is 2. The van der Waals surface area contributed by atoms with Crippen LogP contribution in [0.25, 0.3) is 0 Å². The van der Waals surface area contributed by atoms with E-state index in [4.69, 9.17) is 5.73 Å². The highest BCUT2D eigenvalue weighted by atomic mass is 16.2. The van der Waals surface area contributed by atoms with Crippen molar-refractivity contribution in [3.05, 3.63) is 65.7 Å². The Bertz CT molecular complexity index is 699. The lowest BCUT2D eigenvalue weighted by Gasteiger charge is -2.31. The van der Waals surface area contributed by atoms with E-state index in [1.807, 2.05) is 32.0 Å². The molecular weight excluding hydrogens is 314 g/mol. The van der Waals surface area contributed by atoms with E-state index >= 15 is 0 Å². The van der Waals surface area contributed by atoms with Crippen LogP contribution in [0.15, 0.2) is 54.6 Å². The molecule has 2 aromatic rings. The van der Waals surface area contributed by atoms with Crippen LogP contribution in [0, 0.1) is 0 Å². The average molecular weight is 339 g/mol. The highest BCUT2D eigenvalue weighted by molar-refractivity contribution is 6.04. The van der Waals surface area contributed by atoms with Gasteiger partial charge in [0, 0.05) is 23.4 Å². The smallest absolute Gasteiger partial charge is 0.255 e. The summed E-state index contributed by atoms with van der Waals surface area (Å²) in [6, 6.07) is 15.8. The average Bonchev–Trinajstić information content (AvgIpc) is 2.67. The second-order valence-corrected chi connectivity index (χ2v) is 6.04. The molecular formula is C20H25N3O2. The first-order valence-corrected chi connectivity index (χ1v) is 8.52. The zero-order valence-electron chi connectivity index (χ0n) is 14.7. The zero-order chi connectivity index (χ0) is 18.3. The Kier molecular flexibility index (Phi) is 6.31. The lowest BCUT2D eigenvalue weighted by molar-refractivity contribution is 0.0895. The van der Waals surface area contributed by atoms with E-state index in [9.17, 15) is 9.59 Å². The van der Waals surface area contributed by atoms with Crippen LogP contribution in [-0.4, -0.2) is 23.9 Å². The quantitative estimate of drug-likeness (QED) is 0.724. The van der Waals surface area contributed by atoms with Crippen molar-refractivity contribution in [2.75, 3.05) is 11.9 Å². The molecule has 0 aliphatic rings. The third-order valence-corrected chi connectivity index (χ3v) is 4.56. The van der Waals surface area contributed by atoms with Gasteiger partial charge in [0.15, 0.2) is 0 Å². The fourth-order valence-electron chi connectivity index (χ4n) is 2.58. The number of rotatable bonds is 7. The minimum atomic E-state index is -0.378. The van der Waals surface area contributed by atoms with Crippen LogP contribution in [0.3, 0.4) is 0 Å². The number of anilines is 1. The number of nitrogens with one attached hydrogen (secondary N) is 2. The van der Waals surface area contributed by atoms with Crippen LogP contribution in [0.1, 0.15) is 47.4 Å². The molecule has 0 saturated carbocycles. The topological polar surface area (TPSA) is 84.2 Å². The maximum Gasteiger partial charge on any atom is 0.255 e. The molecule has 0 unspecified atom stereocenters. The van der Waals surface area contributed by atoms with Crippen LogP contribution in [0.4, 0.5) is 5.69 Å². The molecule has 0 bridgehead atoms. The Morgan fingerprint density at radius 2 is 1.44 bits per heavy atom. The molecule has 2 rings (SSSR count). The van der Waals surface area contributed by atoms with Crippen molar-refractivity contribution in [1.29, 1.82) is 0 Å². The summed E-state index contributed by atoms with van der Waals surface area (Å²) < 4.78 is 0. The first-order valence-electron chi connectivity index (χ1n) is 8.52. The van der Waals surface area contributed by atoms with E-state index in [0.717, 1.165) is 12.8 Å². The number of hydrogen-bond donors (Lipinski definition) is 3. The number of nitrogens with two attached hydrogens (primary N) is 1. The summed E-state index contributed by atoms with van der Waals surface area (Å²) in [5.41, 5.74) is 7.22. The Balaban J connectivity index is 2.04. The van der Waals surface area contributed by atoms with Crippen molar-refractivity contribution in [3.8, 4) is 0 Å². The molecule has 0 fully saturated rings. The lowest BCUT2D eigenvalue weighted by atomic mass is 9.92. The highest BCUT2D eigenvalue weighted by Gasteiger charge is 2.26. The van der Waals surface area contributed by atoms with Gasteiger partial charge < -0.3 is 16.4 Å². The Labute approximate surface area is 148 Å². The van der Waals surface area contributed by atoms with E-state index in [0.29, 0.717) is 23.4 Å². The maximum absolute atomic E-state index is 12.4. The molecule has 0 aliphatic heterocycles. The van der Waals surface area contributed by atoms with E-state index in [1.54, 1.807) is 36.4 Å². The van der Waals surface area contributed by atoms with E-state index in [-0.39, 0.29) is 17.4 Å². The molecule has 0 atom stereocenters. The largest absolute Gasteiger partial charge is 0.345 e. The van der Waals surface area contributed by atoms with Crippen molar-refractivity contribution < 1.29 is 9.59 Å². The zero-order valence-corrected chi connectivity index (χ0v) is 14.7. The molecule has 0 heterocycles. The van der Waals surface area contributed by atoms with Crippen molar-refractivity contribution in [2.45, 2.75) is 32.2 Å². The van der Waals surface area contributed by atoms with Crippen LogP contribution in [0.5, 0.6) is 0 Å². The standard InChI is InChI=1S/C20H25N3O2/c1-3-20(4-2,14-21)23-19(25)16-10-12-17(13-11-16)22-18(24)15-8-6-5-7-9-15/h5-13H,3-4,14,21H2,1-2H3,(H,22,24)(H,23,25). The van der Waals surface area contributed by atoms with Crippen molar-refractivity contribution in [2.24, 2.45) is 5.73 Å². The van der Waals surface area contributed by atoms with Crippen LogP contribution < -0.4 is 16.4 Å². The molecule has 5 nitrogen and oxygen atoms in total. The Hall–Kier alpha value is -2.66. The van der Waals surface area contributed by atoms with Gasteiger partial charge in [0.2, 0.25) is 0 Å². The van der Waals surface area contributed by atoms with Crippen LogP contribution in [-0.2, 0) is 0 Å². The molecule has 25 heavy (non-hydrogen) atoms. The molecule has 0 spiro atoms. The predicted octanol–water partition coefficient (Wildman–Crippen LogP) is 3.19. The fraction of sp³-hybridized carbons (Fsp3) is 0.300. The molecule has 0 saturated heterocycles. The van der Waals surface area contributed by atoms with Gasteiger partial charge in [-0.15, -0.1) is 0 Å². The molecule has 5 heteroatoms. The molecule has 0 aromatic heterocycles. The van der Waals surface area contributed by atoms with Crippen molar-refractivity contribution >= 4 is 17.5 Å². The second-order valence-electron chi connectivity index (χ2n) is 6.04. The van der Waals surface area contributed by atoms with Gasteiger partial charge in [0.25, 0.3) is 11.8 Å². The van der Waals surface area contributed by atoms with Gasteiger partial charge in [-0.25, -0.2) is 0 Å². The monoisotopic (exact) mass is 339 g/mol. The first-order chi connectivity index (χ1) is 12.0. The fourth-order valence-corrected chi connectivity index (χ4v) is 2.58. The predicted molar refractivity (Wildman–Crippen MR) is 101 cm³/mol. The van der Waals surface area contributed by atoms with Gasteiger partial charge >= 0.3 is 0 Å². The molecule has 0 aliphatic carbocycles. The van der Waals surface area contributed by atoms with Gasteiger partial charge in [-0.1, -0.05) is 32.0 Å². The highest BCUT2D eigenvalue weighted by Crippen LogP contribution is 2.16. The summed E-state index contributed by atoms with van der Waals surface area (Å²) in [4.78, 5) is 24.6. The third-order valence-electron chi connectivity index (χ3n) is 4.56. The summed E-state index contributed by atoms with van der Waals surface area (Å²) in [5, 5.41) is 5.85. The summed E-state index contributed by atoms with van der Waals surface area (Å²) >= 11 is 0. The van der Waals surface area contributed by atoms with Crippen molar-refractivity contribution in [3.63, 3.8) is 0 Å². The van der Waals surface area contributed by atoms with Gasteiger partial charge in [-0.2, -0.15) is 0 Å². The van der Waals surface area contributed by atoms with Gasteiger partial charge in [-0.05, 0) is 49.2 Å². The third kappa shape index (κ3) is 4.67. The molecule has 0 radical (unpaired) electrons. The normalized spacial score (nSPS) is 11.0. The van der Waals surface area contributed by atoms with E-state index in [2.05, 4.69) is 10.6 Å². The summed E-state index contributed by atoms with van der Waals surface area (Å²) in [6.45, 7) is 4.43. The molecule has 132 valence electrons. The number of hydrogen-bond acceptors (Lipinski definition) is 3. The Morgan fingerprint density at radius 1 is 0.880 bits per heavy atom. The summed E-state index contributed by atoms with van der Waals surface area (Å²) in [6.07, 6.45) is 1.55. The summed E-state index contributed by atoms with van der Waals surface area (Å²) in [5.74, 6) is -0.341. The van der Waals surface area contributed by atoms with Gasteiger partial charge in [0.1, 0.15) is 0 Å². The SMILES string of the molecule is CCC(CC)(CN)NC(=O)c1ccc(NC(=O)c2ccccc2)cc1. The summed E-state index contributed by atoms with van der Waals surface area (Å²) in [7, 11) is 0.